The van der Waals surface area contributed by atoms with E-state index in [0.717, 1.165) is 15.9 Å². The van der Waals surface area contributed by atoms with Crippen molar-refractivity contribution in [2.24, 2.45) is 0 Å². The van der Waals surface area contributed by atoms with Crippen molar-refractivity contribution < 1.29 is 26.7 Å². The molecule has 1 aliphatic rings. The van der Waals surface area contributed by atoms with Crippen LogP contribution >= 0.6 is 11.3 Å². The van der Waals surface area contributed by atoms with E-state index in [2.05, 4.69) is 19.7 Å². The second-order valence-corrected chi connectivity index (χ2v) is 14.0. The fraction of sp³-hybridized carbons (Fsp3) is 0.423. The van der Waals surface area contributed by atoms with Crippen LogP contribution in [0.1, 0.15) is 44.7 Å². The van der Waals surface area contributed by atoms with Gasteiger partial charge in [-0.3, -0.25) is 18.9 Å². The van der Waals surface area contributed by atoms with E-state index in [-0.39, 0.29) is 28.9 Å². The lowest BCUT2D eigenvalue weighted by Crippen LogP contribution is -2.57. The molecule has 0 atom stereocenters. The second kappa shape index (κ2) is 10.4. The van der Waals surface area contributed by atoms with Crippen LogP contribution in [-0.2, 0) is 33.3 Å². The number of benzene rings is 1. The first-order chi connectivity index (χ1) is 19.7. The van der Waals surface area contributed by atoms with Crippen molar-refractivity contribution in [2.75, 3.05) is 0 Å². The Kier molecular flexibility index (Phi) is 7.33. The number of para-hydroxylation sites is 1. The number of nitrogens with zero attached hydrogens (tertiary/aromatic N) is 5. The molecule has 0 saturated heterocycles. The molecule has 1 saturated carbocycles. The Hall–Kier alpha value is -3.92. The van der Waals surface area contributed by atoms with Crippen molar-refractivity contribution >= 4 is 37.5 Å². The van der Waals surface area contributed by atoms with Gasteiger partial charge in [-0.1, -0.05) is 29.5 Å². The third-order valence-electron chi connectivity index (χ3n) is 7.53. The number of hydrogen-bond acceptors (Lipinski definition) is 9. The molecule has 0 spiro atoms. The maximum atomic E-state index is 14.0. The zero-order valence-electron chi connectivity index (χ0n) is 23.1. The Morgan fingerprint density at radius 2 is 1.83 bits per heavy atom. The molecule has 16 heteroatoms. The number of thiophene rings is 1. The number of ether oxygens (including phenoxy) is 1. The molecule has 1 fully saturated rings. The van der Waals surface area contributed by atoms with Crippen LogP contribution in [-0.4, -0.2) is 49.8 Å². The monoisotopic (exact) mass is 622 g/mol. The average molecular weight is 623 g/mol. The summed E-state index contributed by atoms with van der Waals surface area (Å²) in [6.07, 6.45) is 3.71. The quantitative estimate of drug-likeness (QED) is 0.284. The summed E-state index contributed by atoms with van der Waals surface area (Å²) in [6, 6.07) is 6.13. The van der Waals surface area contributed by atoms with E-state index in [1.165, 1.54) is 54.7 Å². The fourth-order valence-electron chi connectivity index (χ4n) is 4.61. The molecule has 0 unspecified atom stereocenters. The molecule has 0 radical (unpaired) electrons. The van der Waals surface area contributed by atoms with Crippen LogP contribution < -0.4 is 20.7 Å². The zero-order valence-corrected chi connectivity index (χ0v) is 24.8. The van der Waals surface area contributed by atoms with Gasteiger partial charge in [-0.15, -0.1) is 4.80 Å². The van der Waals surface area contributed by atoms with Crippen molar-refractivity contribution in [1.29, 1.82) is 0 Å². The number of sulfonamides is 1. The number of rotatable bonds is 10. The van der Waals surface area contributed by atoms with E-state index < -0.39 is 44.1 Å². The van der Waals surface area contributed by atoms with Crippen molar-refractivity contribution in [3.05, 3.63) is 68.6 Å². The molecule has 3 heterocycles. The van der Waals surface area contributed by atoms with E-state index in [9.17, 15) is 31.6 Å². The Balaban J connectivity index is 1.67. The summed E-state index contributed by atoms with van der Waals surface area (Å²) in [7, 11) is -4.07. The molecule has 0 aliphatic heterocycles. The standard InChI is InChI=1S/C26H28F2N6O6S2/c1-15-18-19(35)33(25(2,3)22(36)31-42(38,39)26(4)10-11-26)24(37)32(21(18)41-20(15)34-29-12-13-30-34)14-9-16-7-5-6-8-17(16)40-23(27)28/h5-8,12-13,23H,9-11,14H2,1-4H3,(H,31,36). The minimum atomic E-state index is -4.07. The van der Waals surface area contributed by atoms with E-state index in [0.29, 0.717) is 29.0 Å². The maximum Gasteiger partial charge on any atom is 0.387 e. The lowest BCUT2D eigenvalue weighted by molar-refractivity contribution is -0.126. The van der Waals surface area contributed by atoms with Crippen LogP contribution in [0.3, 0.4) is 0 Å². The number of alkyl halides is 2. The molecular weight excluding hydrogens is 594 g/mol. The number of carbonyl (C=O) groups excluding carboxylic acids is 1. The number of carbonyl (C=O) groups is 1. The van der Waals surface area contributed by atoms with Gasteiger partial charge in [0, 0.05) is 12.1 Å². The number of fused-ring (bicyclic) bond motifs is 1. The van der Waals surface area contributed by atoms with Crippen LogP contribution in [0.15, 0.2) is 46.2 Å². The van der Waals surface area contributed by atoms with E-state index >= 15 is 0 Å². The minimum absolute atomic E-state index is 0.0573. The summed E-state index contributed by atoms with van der Waals surface area (Å²) in [6.45, 7) is 2.59. The van der Waals surface area contributed by atoms with Crippen LogP contribution in [0.2, 0.25) is 0 Å². The van der Waals surface area contributed by atoms with Gasteiger partial charge >= 0.3 is 12.3 Å². The molecule has 1 aromatic carbocycles. The molecule has 0 bridgehead atoms. The number of aryl methyl sites for hydroxylation is 3. The van der Waals surface area contributed by atoms with Gasteiger partial charge in [0.05, 0.1) is 22.5 Å². The lowest BCUT2D eigenvalue weighted by atomic mass is 10.0. The predicted octanol–water partition coefficient (Wildman–Crippen LogP) is 2.69. The number of halogens is 2. The first-order valence-electron chi connectivity index (χ1n) is 12.9. The van der Waals surface area contributed by atoms with Gasteiger partial charge in [0.25, 0.3) is 11.5 Å². The Bertz CT molecular complexity index is 1910. The van der Waals surface area contributed by atoms with Crippen molar-refractivity contribution in [3.63, 3.8) is 0 Å². The van der Waals surface area contributed by atoms with E-state index in [1.54, 1.807) is 19.1 Å². The largest absolute Gasteiger partial charge is 0.435 e. The van der Waals surface area contributed by atoms with E-state index in [1.807, 2.05) is 0 Å². The highest BCUT2D eigenvalue weighted by molar-refractivity contribution is 7.91. The lowest BCUT2D eigenvalue weighted by Gasteiger charge is -2.27. The molecule has 5 rings (SSSR count). The number of hydrogen-bond donors (Lipinski definition) is 1. The molecule has 224 valence electrons. The van der Waals surface area contributed by atoms with Gasteiger partial charge in [0.15, 0.2) is 0 Å². The third-order valence-corrected chi connectivity index (χ3v) is 11.0. The SMILES string of the molecule is Cc1c(-n2nccn2)sc2c1c(=O)n(C(C)(C)C(=O)NS(=O)(=O)C1(C)CC1)c(=O)n2CCc1ccccc1OC(F)F. The minimum Gasteiger partial charge on any atom is -0.435 e. The molecule has 1 amide bonds. The highest BCUT2D eigenvalue weighted by atomic mass is 32.2. The number of amides is 1. The molecule has 4 aromatic rings. The first kappa shape index (κ1) is 29.6. The average Bonchev–Trinajstić information content (AvgIpc) is 3.30. The second-order valence-electron chi connectivity index (χ2n) is 10.8. The van der Waals surface area contributed by atoms with Crippen LogP contribution in [0.25, 0.3) is 15.2 Å². The summed E-state index contributed by atoms with van der Waals surface area (Å²) < 4.78 is 59.3. The smallest absolute Gasteiger partial charge is 0.387 e. The van der Waals surface area contributed by atoms with E-state index in [4.69, 9.17) is 0 Å². The Morgan fingerprint density at radius 3 is 2.45 bits per heavy atom. The van der Waals surface area contributed by atoms with Gasteiger partial charge < -0.3 is 4.74 Å². The zero-order chi connectivity index (χ0) is 30.6. The normalized spacial score (nSPS) is 14.8. The van der Waals surface area contributed by atoms with Crippen LogP contribution in [0, 0.1) is 6.92 Å². The van der Waals surface area contributed by atoms with Crippen molar-refractivity contribution in [1.82, 2.24) is 28.9 Å². The van der Waals surface area contributed by atoms with Gasteiger partial charge in [-0.05, 0) is 58.6 Å². The van der Waals surface area contributed by atoms with Gasteiger partial charge in [0.2, 0.25) is 10.0 Å². The van der Waals surface area contributed by atoms with Gasteiger partial charge in [-0.2, -0.15) is 19.0 Å². The summed E-state index contributed by atoms with van der Waals surface area (Å²) >= 11 is 1.08. The Labute approximate surface area is 242 Å². The van der Waals surface area contributed by atoms with Crippen LogP contribution in [0.4, 0.5) is 8.78 Å². The fourth-order valence-corrected chi connectivity index (χ4v) is 7.22. The van der Waals surface area contributed by atoms with Crippen LogP contribution in [0.5, 0.6) is 5.75 Å². The highest BCUT2D eigenvalue weighted by Gasteiger charge is 2.52. The summed E-state index contributed by atoms with van der Waals surface area (Å²) in [4.78, 5) is 42.9. The number of aromatic nitrogens is 5. The summed E-state index contributed by atoms with van der Waals surface area (Å²) in [5.41, 5.74) is -2.78. The molecule has 3 aromatic heterocycles. The third kappa shape index (κ3) is 5.02. The number of nitrogens with one attached hydrogen (secondary N) is 1. The predicted molar refractivity (Wildman–Crippen MR) is 151 cm³/mol. The topological polar surface area (TPSA) is 147 Å². The summed E-state index contributed by atoms with van der Waals surface area (Å²) in [5, 5.41) is 8.82. The van der Waals surface area contributed by atoms with Crippen molar-refractivity contribution in [3.8, 4) is 10.8 Å². The first-order valence-corrected chi connectivity index (χ1v) is 15.2. The molecular formula is C26H28F2N6O6S2. The maximum absolute atomic E-state index is 14.0. The highest BCUT2D eigenvalue weighted by Crippen LogP contribution is 2.42. The molecule has 42 heavy (non-hydrogen) atoms. The molecule has 1 aliphatic carbocycles. The van der Waals surface area contributed by atoms with Gasteiger partial charge in [-0.25, -0.2) is 17.8 Å². The molecule has 1 N–H and O–H groups in total. The Morgan fingerprint density at radius 1 is 1.19 bits per heavy atom. The van der Waals surface area contributed by atoms with Crippen molar-refractivity contribution in [2.45, 2.75) is 70.4 Å². The molecule has 12 nitrogen and oxygen atoms in total. The summed E-state index contributed by atoms with van der Waals surface area (Å²) in [5.74, 6) is -1.11. The van der Waals surface area contributed by atoms with Gasteiger partial charge in [0.1, 0.15) is 21.1 Å².